The number of nitrogens with zero attached hydrogens (tertiary/aromatic N) is 1. The average molecular weight is 389 g/mol. The zero-order chi connectivity index (χ0) is 20.4. The summed E-state index contributed by atoms with van der Waals surface area (Å²) in [5, 5.41) is 8.89. The Balaban J connectivity index is 1.74. The highest BCUT2D eigenvalue weighted by Crippen LogP contribution is 2.49. The minimum absolute atomic E-state index is 0.0888. The van der Waals surface area contributed by atoms with Gasteiger partial charge in [-0.15, -0.1) is 0 Å². The van der Waals surface area contributed by atoms with Crippen LogP contribution in [0.2, 0.25) is 0 Å². The number of carbonyl (C=O) groups is 2. The fourth-order valence-corrected chi connectivity index (χ4v) is 4.47. The largest absolute Gasteiger partial charge is 0.465 e. The minimum atomic E-state index is -0.922. The van der Waals surface area contributed by atoms with Crippen molar-refractivity contribution in [3.63, 3.8) is 0 Å². The summed E-state index contributed by atoms with van der Waals surface area (Å²) in [7, 11) is 0. The second-order valence-corrected chi connectivity index (χ2v) is 7.68. The molecule has 0 radical (unpaired) electrons. The normalized spacial score (nSPS) is 20.8. The van der Waals surface area contributed by atoms with Gasteiger partial charge in [0.15, 0.2) is 5.78 Å². The monoisotopic (exact) mass is 389 g/mol. The van der Waals surface area contributed by atoms with E-state index in [1.807, 2.05) is 48.5 Å². The molecule has 0 amide bonds. The third-order valence-corrected chi connectivity index (χ3v) is 5.93. The van der Waals surface area contributed by atoms with Crippen LogP contribution in [0, 0.1) is 29.1 Å². The predicted molar refractivity (Wildman–Crippen MR) is 106 cm³/mol. The van der Waals surface area contributed by atoms with Crippen molar-refractivity contribution in [2.24, 2.45) is 17.8 Å². The van der Waals surface area contributed by atoms with Crippen molar-refractivity contribution in [2.75, 3.05) is 6.61 Å². The summed E-state index contributed by atoms with van der Waals surface area (Å²) in [5.74, 6) is -0.585. The SMILES string of the molecule is CCOC(=O)C(C(=O)C1CC(CC#N)C1)C1c2ccccc2Oc2ccccc21. The number of carbonyl (C=O) groups excluding carboxylic acids is 2. The van der Waals surface area contributed by atoms with Crippen molar-refractivity contribution in [3.05, 3.63) is 59.7 Å². The molecule has 5 nitrogen and oxygen atoms in total. The zero-order valence-corrected chi connectivity index (χ0v) is 16.3. The van der Waals surface area contributed by atoms with Gasteiger partial charge < -0.3 is 9.47 Å². The van der Waals surface area contributed by atoms with Crippen LogP contribution in [0.15, 0.2) is 48.5 Å². The molecular formula is C24H23NO4. The van der Waals surface area contributed by atoms with Crippen molar-refractivity contribution in [1.29, 1.82) is 5.26 Å². The lowest BCUT2D eigenvalue weighted by molar-refractivity contribution is -0.154. The number of hydrogen-bond donors (Lipinski definition) is 0. The first kappa shape index (κ1) is 19.2. The van der Waals surface area contributed by atoms with E-state index in [9.17, 15) is 9.59 Å². The highest BCUT2D eigenvalue weighted by molar-refractivity contribution is 6.02. The van der Waals surface area contributed by atoms with Gasteiger partial charge >= 0.3 is 5.97 Å². The van der Waals surface area contributed by atoms with Gasteiger partial charge in [0, 0.05) is 29.4 Å². The van der Waals surface area contributed by atoms with Crippen LogP contribution >= 0.6 is 0 Å². The fourth-order valence-electron chi connectivity index (χ4n) is 4.47. The molecule has 29 heavy (non-hydrogen) atoms. The van der Waals surface area contributed by atoms with Crippen LogP contribution in [0.4, 0.5) is 0 Å². The second-order valence-electron chi connectivity index (χ2n) is 7.68. The molecule has 0 N–H and O–H groups in total. The van der Waals surface area contributed by atoms with Gasteiger partial charge in [-0.2, -0.15) is 5.26 Å². The number of ether oxygens (including phenoxy) is 2. The summed E-state index contributed by atoms with van der Waals surface area (Å²) in [5.41, 5.74) is 1.65. The van der Waals surface area contributed by atoms with Crippen LogP contribution in [0.3, 0.4) is 0 Å². The molecule has 5 heteroatoms. The van der Waals surface area contributed by atoms with E-state index in [2.05, 4.69) is 6.07 Å². The second kappa shape index (κ2) is 8.08. The van der Waals surface area contributed by atoms with Crippen LogP contribution in [0.25, 0.3) is 0 Å². The number of para-hydroxylation sites is 2. The first-order chi connectivity index (χ1) is 14.1. The number of fused-ring (bicyclic) bond motifs is 2. The molecular weight excluding hydrogens is 366 g/mol. The van der Waals surface area contributed by atoms with Gasteiger partial charge in [-0.3, -0.25) is 9.59 Å². The van der Waals surface area contributed by atoms with E-state index in [0.717, 1.165) is 11.1 Å². The lowest BCUT2D eigenvalue weighted by Crippen LogP contribution is -2.41. The van der Waals surface area contributed by atoms with Crippen molar-refractivity contribution in [1.82, 2.24) is 0 Å². The van der Waals surface area contributed by atoms with E-state index in [1.165, 1.54) is 0 Å². The Morgan fingerprint density at radius 2 is 1.69 bits per heavy atom. The van der Waals surface area contributed by atoms with Gasteiger partial charge in [0.25, 0.3) is 0 Å². The van der Waals surface area contributed by atoms with Crippen LogP contribution < -0.4 is 4.74 Å². The number of nitriles is 1. The topological polar surface area (TPSA) is 76.4 Å². The minimum Gasteiger partial charge on any atom is -0.465 e. The first-order valence-electron chi connectivity index (χ1n) is 10.1. The molecule has 1 fully saturated rings. The van der Waals surface area contributed by atoms with Gasteiger partial charge in [0.2, 0.25) is 0 Å². The van der Waals surface area contributed by atoms with E-state index >= 15 is 0 Å². The summed E-state index contributed by atoms with van der Waals surface area (Å²) in [6.45, 7) is 1.97. The summed E-state index contributed by atoms with van der Waals surface area (Å²) < 4.78 is 11.4. The summed E-state index contributed by atoms with van der Waals surface area (Å²) in [4.78, 5) is 26.5. The van der Waals surface area contributed by atoms with Gasteiger partial charge in [0.05, 0.1) is 12.7 Å². The van der Waals surface area contributed by atoms with Crippen LogP contribution in [-0.4, -0.2) is 18.4 Å². The van der Waals surface area contributed by atoms with E-state index in [0.29, 0.717) is 30.8 Å². The number of Topliss-reactive ketones (excluding diaryl/α,β-unsaturated/α-hetero) is 1. The lowest BCUT2D eigenvalue weighted by atomic mass is 9.65. The number of ketones is 1. The van der Waals surface area contributed by atoms with E-state index in [1.54, 1.807) is 6.92 Å². The number of rotatable bonds is 6. The molecule has 0 bridgehead atoms. The maximum atomic E-state index is 13.5. The maximum absolute atomic E-state index is 13.5. The zero-order valence-electron chi connectivity index (χ0n) is 16.3. The highest BCUT2D eigenvalue weighted by Gasteiger charge is 2.47. The van der Waals surface area contributed by atoms with Crippen molar-refractivity contribution in [3.8, 4) is 17.6 Å². The molecule has 1 unspecified atom stereocenters. The van der Waals surface area contributed by atoms with Crippen LogP contribution in [0.5, 0.6) is 11.5 Å². The molecule has 0 spiro atoms. The van der Waals surface area contributed by atoms with E-state index in [-0.39, 0.29) is 24.2 Å². The number of hydrogen-bond acceptors (Lipinski definition) is 5. The molecule has 148 valence electrons. The molecule has 2 aromatic carbocycles. The highest BCUT2D eigenvalue weighted by atomic mass is 16.5. The third-order valence-electron chi connectivity index (χ3n) is 5.93. The Hall–Kier alpha value is -3.13. The van der Waals surface area contributed by atoms with Gasteiger partial charge in [-0.25, -0.2) is 0 Å². The van der Waals surface area contributed by atoms with Crippen LogP contribution in [-0.2, 0) is 14.3 Å². The lowest BCUT2D eigenvalue weighted by Gasteiger charge is -2.38. The molecule has 2 aromatic rings. The Labute approximate surface area is 170 Å². The molecule has 1 aliphatic carbocycles. The molecule has 0 aromatic heterocycles. The van der Waals surface area contributed by atoms with Gasteiger partial charge in [-0.1, -0.05) is 36.4 Å². The Bertz CT molecular complexity index is 925. The quantitative estimate of drug-likeness (QED) is 0.532. The first-order valence-corrected chi connectivity index (χ1v) is 10.1. The number of esters is 1. The van der Waals surface area contributed by atoms with E-state index in [4.69, 9.17) is 14.7 Å². The molecule has 1 atom stereocenters. The Morgan fingerprint density at radius 3 is 2.24 bits per heavy atom. The molecule has 4 rings (SSSR count). The molecule has 1 aliphatic heterocycles. The summed E-state index contributed by atoms with van der Waals surface area (Å²) in [6, 6.07) is 17.2. The third kappa shape index (κ3) is 3.51. The maximum Gasteiger partial charge on any atom is 0.317 e. The standard InChI is InChI=1S/C24H23NO4/c1-2-28-24(27)22(23(26)16-13-15(14-16)11-12-25)21-17-7-3-5-9-19(17)29-20-10-6-4-8-18(20)21/h3-10,15-16,21-22H,2,11,13-14H2,1H3. The average Bonchev–Trinajstić information content (AvgIpc) is 2.70. The van der Waals surface area contributed by atoms with Crippen LogP contribution in [0.1, 0.15) is 43.2 Å². The fraction of sp³-hybridized carbons (Fsp3) is 0.375. The smallest absolute Gasteiger partial charge is 0.317 e. The molecule has 0 saturated heterocycles. The molecule has 2 aliphatic rings. The Morgan fingerprint density at radius 1 is 1.10 bits per heavy atom. The Kier molecular flexibility index (Phi) is 5.35. The molecule has 1 heterocycles. The van der Waals surface area contributed by atoms with Crippen molar-refractivity contribution >= 4 is 11.8 Å². The molecule has 1 saturated carbocycles. The van der Waals surface area contributed by atoms with Crippen molar-refractivity contribution < 1.29 is 19.1 Å². The van der Waals surface area contributed by atoms with Crippen molar-refractivity contribution in [2.45, 2.75) is 32.1 Å². The summed E-state index contributed by atoms with van der Waals surface area (Å²) >= 11 is 0. The van der Waals surface area contributed by atoms with Gasteiger partial charge in [-0.05, 0) is 37.8 Å². The predicted octanol–water partition coefficient (Wildman–Crippen LogP) is 4.61. The summed E-state index contributed by atoms with van der Waals surface area (Å²) in [6.07, 6.45) is 1.78. The van der Waals surface area contributed by atoms with Gasteiger partial charge in [0.1, 0.15) is 17.4 Å². The number of benzene rings is 2. The van der Waals surface area contributed by atoms with E-state index < -0.39 is 17.8 Å².